The number of ether oxygens (including phenoxy) is 1. The molecule has 1 atom stereocenters. The van der Waals surface area contributed by atoms with E-state index in [9.17, 15) is 9.90 Å². The summed E-state index contributed by atoms with van der Waals surface area (Å²) >= 11 is 0. The molecule has 0 spiro atoms. The van der Waals surface area contributed by atoms with E-state index in [-0.39, 0.29) is 23.7 Å². The van der Waals surface area contributed by atoms with Crippen LogP contribution in [0.1, 0.15) is 22.8 Å². The van der Waals surface area contributed by atoms with Gasteiger partial charge in [-0.3, -0.25) is 4.79 Å². The van der Waals surface area contributed by atoms with Crippen LogP contribution >= 0.6 is 0 Å². The maximum absolute atomic E-state index is 12.2. The zero-order valence-electron chi connectivity index (χ0n) is 11.1. The van der Waals surface area contributed by atoms with E-state index in [1.165, 1.54) is 12.1 Å². The van der Waals surface area contributed by atoms with Crippen molar-refractivity contribution in [3.05, 3.63) is 59.7 Å². The first-order valence-electron chi connectivity index (χ1n) is 6.31. The molecule has 2 aromatic rings. The number of hydrogen-bond acceptors (Lipinski definition) is 4. The predicted molar refractivity (Wildman–Crippen MR) is 75.2 cm³/mol. The summed E-state index contributed by atoms with van der Waals surface area (Å²) in [6.07, 6.45) is -0.595. The molecular formula is C16H16O4. The van der Waals surface area contributed by atoms with E-state index >= 15 is 0 Å². The van der Waals surface area contributed by atoms with Gasteiger partial charge in [0.1, 0.15) is 18.1 Å². The molecular weight excluding hydrogens is 256 g/mol. The molecule has 2 rings (SSSR count). The third-order valence-electron chi connectivity index (χ3n) is 2.74. The first-order valence-corrected chi connectivity index (χ1v) is 6.31. The van der Waals surface area contributed by atoms with Gasteiger partial charge in [0.2, 0.25) is 0 Å². The van der Waals surface area contributed by atoms with Crippen LogP contribution in [-0.4, -0.2) is 28.7 Å². The van der Waals surface area contributed by atoms with Gasteiger partial charge >= 0.3 is 0 Å². The maximum Gasteiger partial charge on any atom is 0.196 e. The van der Waals surface area contributed by atoms with Crippen LogP contribution in [-0.2, 0) is 0 Å². The Morgan fingerprint density at radius 1 is 1.20 bits per heavy atom. The Morgan fingerprint density at radius 2 is 1.90 bits per heavy atom. The van der Waals surface area contributed by atoms with Gasteiger partial charge in [-0.25, -0.2) is 0 Å². The summed E-state index contributed by atoms with van der Waals surface area (Å²) in [7, 11) is 0. The number of aromatic hydroxyl groups is 1. The smallest absolute Gasteiger partial charge is 0.196 e. The Hall–Kier alpha value is -2.33. The van der Waals surface area contributed by atoms with Crippen LogP contribution in [0.3, 0.4) is 0 Å². The number of rotatable bonds is 5. The number of aliphatic hydroxyl groups is 1. The molecule has 1 unspecified atom stereocenters. The quantitative estimate of drug-likeness (QED) is 0.820. The summed E-state index contributed by atoms with van der Waals surface area (Å²) in [5, 5.41) is 19.1. The van der Waals surface area contributed by atoms with Crippen molar-refractivity contribution in [1.29, 1.82) is 0 Å². The second kappa shape index (κ2) is 6.21. The second-order valence-corrected chi connectivity index (χ2v) is 4.53. The first-order chi connectivity index (χ1) is 9.58. The lowest BCUT2D eigenvalue weighted by Gasteiger charge is -2.10. The highest BCUT2D eigenvalue weighted by Crippen LogP contribution is 2.25. The average molecular weight is 272 g/mol. The second-order valence-electron chi connectivity index (χ2n) is 4.53. The molecule has 0 saturated heterocycles. The van der Waals surface area contributed by atoms with Crippen LogP contribution in [0.4, 0.5) is 0 Å². The minimum absolute atomic E-state index is 0.130. The molecule has 20 heavy (non-hydrogen) atoms. The van der Waals surface area contributed by atoms with Crippen molar-refractivity contribution in [3.63, 3.8) is 0 Å². The Labute approximate surface area is 117 Å². The Balaban J connectivity index is 2.20. The number of benzene rings is 2. The molecule has 0 aromatic heterocycles. The Kier molecular flexibility index (Phi) is 4.38. The SMILES string of the molecule is CC(O)COc1ccc(C(=O)c2ccccc2)c(O)c1. The lowest BCUT2D eigenvalue weighted by molar-refractivity contribution is 0.103. The summed E-state index contributed by atoms with van der Waals surface area (Å²) in [6.45, 7) is 1.73. The lowest BCUT2D eigenvalue weighted by Crippen LogP contribution is -2.12. The molecule has 104 valence electrons. The highest BCUT2D eigenvalue weighted by atomic mass is 16.5. The number of phenols is 1. The topological polar surface area (TPSA) is 66.8 Å². The molecule has 0 aliphatic carbocycles. The molecule has 2 N–H and O–H groups in total. The minimum atomic E-state index is -0.595. The van der Waals surface area contributed by atoms with Crippen molar-refractivity contribution in [2.45, 2.75) is 13.0 Å². The predicted octanol–water partition coefficient (Wildman–Crippen LogP) is 2.38. The van der Waals surface area contributed by atoms with E-state index in [2.05, 4.69) is 0 Å². The van der Waals surface area contributed by atoms with E-state index in [1.54, 1.807) is 37.3 Å². The van der Waals surface area contributed by atoms with Crippen LogP contribution in [0.25, 0.3) is 0 Å². The third kappa shape index (κ3) is 3.36. The van der Waals surface area contributed by atoms with Crippen LogP contribution in [0, 0.1) is 0 Å². The van der Waals surface area contributed by atoms with Gasteiger partial charge < -0.3 is 14.9 Å². The van der Waals surface area contributed by atoms with Crippen molar-refractivity contribution in [2.24, 2.45) is 0 Å². The number of carbonyl (C=O) groups is 1. The summed E-state index contributed by atoms with van der Waals surface area (Å²) < 4.78 is 5.27. The van der Waals surface area contributed by atoms with Crippen LogP contribution in [0.2, 0.25) is 0 Å². The molecule has 0 saturated carbocycles. The fraction of sp³-hybridized carbons (Fsp3) is 0.188. The fourth-order valence-electron chi connectivity index (χ4n) is 1.76. The Bertz CT molecular complexity index is 591. The van der Waals surface area contributed by atoms with Crippen molar-refractivity contribution in [1.82, 2.24) is 0 Å². The normalized spacial score (nSPS) is 11.9. The summed E-state index contributed by atoms with van der Waals surface area (Å²) in [6, 6.07) is 13.2. The van der Waals surface area contributed by atoms with E-state index in [4.69, 9.17) is 9.84 Å². The van der Waals surface area contributed by atoms with E-state index < -0.39 is 6.10 Å². The van der Waals surface area contributed by atoms with Crippen LogP contribution < -0.4 is 4.74 Å². The molecule has 0 bridgehead atoms. The van der Waals surface area contributed by atoms with Gasteiger partial charge in [-0.05, 0) is 19.1 Å². The minimum Gasteiger partial charge on any atom is -0.507 e. The van der Waals surface area contributed by atoms with Gasteiger partial charge in [0.05, 0.1) is 11.7 Å². The molecule has 0 fully saturated rings. The number of carbonyl (C=O) groups excluding carboxylic acids is 1. The average Bonchev–Trinajstić information content (AvgIpc) is 2.45. The van der Waals surface area contributed by atoms with E-state index in [0.717, 1.165) is 0 Å². The van der Waals surface area contributed by atoms with Crippen LogP contribution in [0.15, 0.2) is 48.5 Å². The number of aliphatic hydroxyl groups excluding tert-OH is 1. The van der Waals surface area contributed by atoms with Crippen molar-refractivity contribution in [3.8, 4) is 11.5 Å². The number of ketones is 1. The lowest BCUT2D eigenvalue weighted by atomic mass is 10.0. The number of phenolic OH excluding ortho intramolecular Hbond substituents is 1. The van der Waals surface area contributed by atoms with Gasteiger partial charge in [0.15, 0.2) is 5.78 Å². The highest BCUT2D eigenvalue weighted by molar-refractivity contribution is 6.10. The third-order valence-corrected chi connectivity index (χ3v) is 2.74. The molecule has 4 nitrogen and oxygen atoms in total. The molecule has 2 aromatic carbocycles. The standard InChI is InChI=1S/C16H16O4/c1-11(17)10-20-13-7-8-14(15(18)9-13)16(19)12-5-3-2-4-6-12/h2-9,11,17-18H,10H2,1H3. The van der Waals surface area contributed by atoms with Gasteiger partial charge in [0.25, 0.3) is 0 Å². The molecule has 4 heteroatoms. The summed E-state index contributed by atoms with van der Waals surface area (Å²) in [5.74, 6) is 0.0279. The van der Waals surface area contributed by atoms with Crippen LogP contribution in [0.5, 0.6) is 11.5 Å². The molecule has 0 aliphatic heterocycles. The highest BCUT2D eigenvalue weighted by Gasteiger charge is 2.14. The van der Waals surface area contributed by atoms with Crippen molar-refractivity contribution >= 4 is 5.78 Å². The van der Waals surface area contributed by atoms with Crippen molar-refractivity contribution < 1.29 is 19.7 Å². The molecule has 0 amide bonds. The first kappa shape index (κ1) is 14.1. The zero-order chi connectivity index (χ0) is 14.5. The van der Waals surface area contributed by atoms with E-state index in [1.807, 2.05) is 6.07 Å². The molecule has 0 radical (unpaired) electrons. The van der Waals surface area contributed by atoms with Gasteiger partial charge in [-0.15, -0.1) is 0 Å². The van der Waals surface area contributed by atoms with Gasteiger partial charge in [-0.2, -0.15) is 0 Å². The molecule has 0 heterocycles. The van der Waals surface area contributed by atoms with E-state index in [0.29, 0.717) is 11.3 Å². The Morgan fingerprint density at radius 3 is 2.50 bits per heavy atom. The largest absolute Gasteiger partial charge is 0.507 e. The van der Waals surface area contributed by atoms with Gasteiger partial charge in [-0.1, -0.05) is 30.3 Å². The molecule has 0 aliphatic rings. The zero-order valence-corrected chi connectivity index (χ0v) is 11.1. The van der Waals surface area contributed by atoms with Gasteiger partial charge in [0, 0.05) is 11.6 Å². The monoisotopic (exact) mass is 272 g/mol. The fourth-order valence-corrected chi connectivity index (χ4v) is 1.76. The summed E-state index contributed by atoms with van der Waals surface area (Å²) in [5.41, 5.74) is 0.737. The van der Waals surface area contributed by atoms with Crippen molar-refractivity contribution in [2.75, 3.05) is 6.61 Å². The summed E-state index contributed by atoms with van der Waals surface area (Å²) in [4.78, 5) is 12.2. The number of hydrogen-bond donors (Lipinski definition) is 2. The maximum atomic E-state index is 12.2.